The van der Waals surface area contributed by atoms with Gasteiger partial charge in [-0.05, 0) is 31.4 Å². The molecule has 4 rings (SSSR count). The molecule has 26 heavy (non-hydrogen) atoms. The van der Waals surface area contributed by atoms with Crippen LogP contribution in [0.25, 0.3) is 11.4 Å². The zero-order chi connectivity index (χ0) is 18.1. The van der Waals surface area contributed by atoms with Crippen molar-refractivity contribution in [1.82, 2.24) is 19.7 Å². The van der Waals surface area contributed by atoms with Crippen LogP contribution in [0.4, 0.5) is 9.52 Å². The fraction of sp³-hybridized carbons (Fsp3) is 0.294. The number of fused-ring (bicyclic) bond motifs is 1. The van der Waals surface area contributed by atoms with E-state index in [1.54, 1.807) is 41.2 Å². The lowest BCUT2D eigenvalue weighted by Crippen LogP contribution is -2.14. The summed E-state index contributed by atoms with van der Waals surface area (Å²) in [6.07, 6.45) is 3.19. The number of nitrogens with one attached hydrogen (secondary N) is 1. The Bertz CT molecular complexity index is 946. The Labute approximate surface area is 157 Å². The van der Waals surface area contributed by atoms with Gasteiger partial charge < -0.3 is 9.88 Å². The van der Waals surface area contributed by atoms with Crippen molar-refractivity contribution in [2.75, 3.05) is 11.1 Å². The maximum absolute atomic E-state index is 13.9. The Morgan fingerprint density at radius 2 is 2.19 bits per heavy atom. The number of aromatic nitrogens is 4. The van der Waals surface area contributed by atoms with Gasteiger partial charge in [0, 0.05) is 11.9 Å². The first-order valence-corrected chi connectivity index (χ1v) is 9.97. The number of rotatable bonds is 5. The summed E-state index contributed by atoms with van der Waals surface area (Å²) in [7, 11) is 1.76. The molecule has 0 aliphatic heterocycles. The maximum atomic E-state index is 13.9. The molecule has 0 atom stereocenters. The van der Waals surface area contributed by atoms with Crippen LogP contribution >= 0.6 is 23.1 Å². The van der Waals surface area contributed by atoms with Crippen LogP contribution in [0.3, 0.4) is 0 Å². The van der Waals surface area contributed by atoms with Crippen LogP contribution in [0, 0.1) is 5.82 Å². The van der Waals surface area contributed by atoms with Crippen molar-refractivity contribution in [3.8, 4) is 11.4 Å². The van der Waals surface area contributed by atoms with E-state index in [1.807, 2.05) is 0 Å². The minimum atomic E-state index is -0.353. The van der Waals surface area contributed by atoms with E-state index in [-0.39, 0.29) is 17.5 Å². The molecule has 1 aromatic carbocycles. The van der Waals surface area contributed by atoms with Crippen molar-refractivity contribution in [2.24, 2.45) is 7.05 Å². The molecule has 2 aromatic heterocycles. The van der Waals surface area contributed by atoms with E-state index >= 15 is 0 Å². The van der Waals surface area contributed by atoms with Crippen LogP contribution in [0.1, 0.15) is 17.0 Å². The molecule has 2 heterocycles. The summed E-state index contributed by atoms with van der Waals surface area (Å²) in [6.45, 7) is 0. The summed E-state index contributed by atoms with van der Waals surface area (Å²) >= 11 is 2.81. The number of nitrogens with zero attached hydrogens (tertiary/aromatic N) is 4. The number of thioether (sulfide) groups is 1. The highest BCUT2D eigenvalue weighted by Gasteiger charge is 2.19. The molecule has 9 heteroatoms. The molecule has 0 saturated heterocycles. The highest BCUT2D eigenvalue weighted by atomic mass is 32.2. The van der Waals surface area contributed by atoms with Gasteiger partial charge in [0.05, 0.1) is 17.0 Å². The van der Waals surface area contributed by atoms with Crippen molar-refractivity contribution in [2.45, 2.75) is 24.4 Å². The fourth-order valence-electron chi connectivity index (χ4n) is 2.85. The van der Waals surface area contributed by atoms with E-state index < -0.39 is 0 Å². The van der Waals surface area contributed by atoms with Gasteiger partial charge >= 0.3 is 0 Å². The van der Waals surface area contributed by atoms with E-state index in [0.29, 0.717) is 21.7 Å². The molecule has 3 aromatic rings. The van der Waals surface area contributed by atoms with Gasteiger partial charge in [0.25, 0.3) is 0 Å². The lowest BCUT2D eigenvalue weighted by Gasteiger charge is -2.05. The van der Waals surface area contributed by atoms with Crippen molar-refractivity contribution in [1.29, 1.82) is 0 Å². The molecule has 0 unspecified atom stereocenters. The van der Waals surface area contributed by atoms with Gasteiger partial charge in [-0.1, -0.05) is 23.9 Å². The van der Waals surface area contributed by atoms with Gasteiger partial charge in [0.1, 0.15) is 5.82 Å². The van der Waals surface area contributed by atoms with Gasteiger partial charge in [-0.25, -0.2) is 9.37 Å². The van der Waals surface area contributed by atoms with E-state index in [4.69, 9.17) is 0 Å². The summed E-state index contributed by atoms with van der Waals surface area (Å²) in [4.78, 5) is 17.9. The SMILES string of the molecule is Cn1c(SCC(=O)Nc2nc3c(s2)CCC3)nnc1-c1ccccc1F. The number of hydrogen-bond acceptors (Lipinski definition) is 6. The third-order valence-corrected chi connectivity index (χ3v) is 6.22. The molecule has 0 fully saturated rings. The summed E-state index contributed by atoms with van der Waals surface area (Å²) in [5, 5.41) is 12.2. The zero-order valence-corrected chi connectivity index (χ0v) is 15.7. The predicted octanol–water partition coefficient (Wildman–Crippen LogP) is 3.30. The molecule has 6 nitrogen and oxygen atoms in total. The van der Waals surface area contributed by atoms with Gasteiger partial charge in [-0.2, -0.15) is 0 Å². The zero-order valence-electron chi connectivity index (χ0n) is 14.0. The van der Waals surface area contributed by atoms with Crippen molar-refractivity contribution < 1.29 is 9.18 Å². The summed E-state index contributed by atoms with van der Waals surface area (Å²) in [5.74, 6) is 0.127. The number of hydrogen-bond donors (Lipinski definition) is 1. The standard InChI is InChI=1S/C17H16FN5OS2/c1-23-15(10-5-2-3-6-11(10)18)21-22-17(23)25-9-14(24)20-16-19-12-7-4-8-13(12)26-16/h2-3,5-6H,4,7-9H2,1H3,(H,19,20,24). The normalized spacial score (nSPS) is 13.0. The highest BCUT2D eigenvalue weighted by Crippen LogP contribution is 2.30. The molecular weight excluding hydrogens is 373 g/mol. The lowest BCUT2D eigenvalue weighted by atomic mass is 10.2. The average molecular weight is 389 g/mol. The van der Waals surface area contributed by atoms with Gasteiger partial charge in [0.15, 0.2) is 16.1 Å². The summed E-state index contributed by atoms with van der Waals surface area (Å²) in [5.41, 5.74) is 1.50. The molecule has 134 valence electrons. The fourth-order valence-corrected chi connectivity index (χ4v) is 4.62. The summed E-state index contributed by atoms with van der Waals surface area (Å²) in [6, 6.07) is 6.42. The summed E-state index contributed by atoms with van der Waals surface area (Å²) < 4.78 is 15.6. The van der Waals surface area contributed by atoms with Gasteiger partial charge in [0.2, 0.25) is 5.91 Å². The number of anilines is 1. The van der Waals surface area contributed by atoms with Crippen LogP contribution in [0.5, 0.6) is 0 Å². The lowest BCUT2D eigenvalue weighted by molar-refractivity contribution is -0.113. The molecule has 1 N–H and O–H groups in total. The van der Waals surface area contributed by atoms with Crippen LogP contribution in [0.2, 0.25) is 0 Å². The minimum absolute atomic E-state index is 0.141. The van der Waals surface area contributed by atoms with Gasteiger partial charge in [-0.15, -0.1) is 21.5 Å². The number of halogens is 1. The van der Waals surface area contributed by atoms with Crippen LogP contribution in [-0.2, 0) is 24.7 Å². The molecule has 0 bridgehead atoms. The third-order valence-electron chi connectivity index (χ3n) is 4.12. The van der Waals surface area contributed by atoms with Crippen molar-refractivity contribution >= 4 is 34.1 Å². The monoisotopic (exact) mass is 389 g/mol. The Hall–Kier alpha value is -2.26. The number of aryl methyl sites for hydroxylation is 2. The van der Waals surface area contributed by atoms with Gasteiger partial charge in [-0.3, -0.25) is 4.79 Å². The largest absolute Gasteiger partial charge is 0.305 e. The van der Waals surface area contributed by atoms with E-state index in [1.165, 1.54) is 22.7 Å². The Balaban J connectivity index is 1.40. The Morgan fingerprint density at radius 1 is 1.35 bits per heavy atom. The first-order chi connectivity index (χ1) is 12.6. The highest BCUT2D eigenvalue weighted by molar-refractivity contribution is 7.99. The van der Waals surface area contributed by atoms with Crippen molar-refractivity contribution in [3.63, 3.8) is 0 Å². The predicted molar refractivity (Wildman–Crippen MR) is 99.9 cm³/mol. The molecule has 0 spiro atoms. The van der Waals surface area contributed by atoms with Crippen LogP contribution in [0.15, 0.2) is 29.4 Å². The second kappa shape index (κ2) is 7.16. The number of carbonyl (C=O) groups is 1. The number of carbonyl (C=O) groups excluding carboxylic acids is 1. The number of amides is 1. The topological polar surface area (TPSA) is 72.7 Å². The maximum Gasteiger partial charge on any atom is 0.236 e. The number of thiazole rings is 1. The molecular formula is C17H16FN5OS2. The second-order valence-electron chi connectivity index (χ2n) is 5.92. The third kappa shape index (κ3) is 3.36. The van der Waals surface area contributed by atoms with E-state index in [9.17, 15) is 9.18 Å². The molecule has 0 saturated carbocycles. The Kier molecular flexibility index (Phi) is 4.73. The van der Waals surface area contributed by atoms with Crippen molar-refractivity contribution in [3.05, 3.63) is 40.7 Å². The number of benzene rings is 1. The Morgan fingerprint density at radius 3 is 3.00 bits per heavy atom. The van der Waals surface area contributed by atoms with Crippen LogP contribution in [-0.4, -0.2) is 31.4 Å². The first kappa shape index (κ1) is 17.2. The van der Waals surface area contributed by atoms with Crippen LogP contribution < -0.4 is 5.32 Å². The average Bonchev–Trinajstić information content (AvgIpc) is 3.29. The first-order valence-electron chi connectivity index (χ1n) is 8.17. The molecule has 1 aliphatic rings. The molecule has 1 aliphatic carbocycles. The van der Waals surface area contributed by atoms with E-state index in [0.717, 1.165) is 25.0 Å². The van der Waals surface area contributed by atoms with E-state index in [2.05, 4.69) is 20.5 Å². The second-order valence-corrected chi connectivity index (χ2v) is 7.95. The molecule has 1 amide bonds. The quantitative estimate of drug-likeness (QED) is 0.678. The molecule has 0 radical (unpaired) electrons. The smallest absolute Gasteiger partial charge is 0.236 e. The minimum Gasteiger partial charge on any atom is -0.305 e.